The molecule has 2 nitrogen and oxygen atoms in total. The van der Waals surface area contributed by atoms with Gasteiger partial charge >= 0.3 is 0 Å². The lowest BCUT2D eigenvalue weighted by atomic mass is 10.3. The van der Waals surface area contributed by atoms with E-state index >= 15 is 0 Å². The molecule has 0 unspecified atom stereocenters. The highest BCUT2D eigenvalue weighted by Crippen LogP contribution is 2.12. The van der Waals surface area contributed by atoms with E-state index in [9.17, 15) is 0 Å². The zero-order valence-corrected chi connectivity index (χ0v) is 5.58. The maximum Gasteiger partial charge on any atom is 0.0784 e. The van der Waals surface area contributed by atoms with Gasteiger partial charge in [-0.15, -0.1) is 0 Å². The standard InChI is InChI=1S/C7H12O2/c1-2-9-7-4-3-6(8)5-7/h3-4,6-8H,2,5H2,1H3/t6-,7+/m1/s1. The number of aliphatic hydroxyl groups is 1. The Kier molecular flexibility index (Phi) is 2.25. The van der Waals surface area contributed by atoms with Crippen LogP contribution in [0.2, 0.25) is 0 Å². The molecule has 0 aliphatic heterocycles. The Hall–Kier alpha value is -0.340. The Labute approximate surface area is 55.1 Å². The summed E-state index contributed by atoms with van der Waals surface area (Å²) in [6.07, 6.45) is 4.30. The molecule has 0 aromatic rings. The maximum absolute atomic E-state index is 8.96. The number of ether oxygens (including phenoxy) is 1. The molecule has 0 bridgehead atoms. The van der Waals surface area contributed by atoms with Crippen LogP contribution in [0.5, 0.6) is 0 Å². The predicted octanol–water partition coefficient (Wildman–Crippen LogP) is 0.712. The van der Waals surface area contributed by atoms with Crippen molar-refractivity contribution in [2.24, 2.45) is 0 Å². The van der Waals surface area contributed by atoms with Gasteiger partial charge in [0.25, 0.3) is 0 Å². The van der Waals surface area contributed by atoms with E-state index in [1.165, 1.54) is 0 Å². The zero-order chi connectivity index (χ0) is 6.69. The average Bonchev–Trinajstić information content (AvgIpc) is 2.17. The van der Waals surface area contributed by atoms with Crippen molar-refractivity contribution in [1.82, 2.24) is 0 Å². The largest absolute Gasteiger partial charge is 0.389 e. The van der Waals surface area contributed by atoms with Crippen LogP contribution in [0, 0.1) is 0 Å². The van der Waals surface area contributed by atoms with E-state index in [1.807, 2.05) is 13.0 Å². The van der Waals surface area contributed by atoms with Crippen molar-refractivity contribution in [2.45, 2.75) is 25.6 Å². The third kappa shape index (κ3) is 1.80. The fourth-order valence-electron chi connectivity index (χ4n) is 0.985. The van der Waals surface area contributed by atoms with Crippen LogP contribution in [0.15, 0.2) is 12.2 Å². The molecule has 1 N–H and O–H groups in total. The highest BCUT2D eigenvalue weighted by atomic mass is 16.5. The van der Waals surface area contributed by atoms with E-state index in [0.717, 1.165) is 13.0 Å². The molecule has 0 radical (unpaired) electrons. The molecule has 1 aliphatic carbocycles. The molecule has 1 rings (SSSR count). The number of hydrogen-bond donors (Lipinski definition) is 1. The van der Waals surface area contributed by atoms with Gasteiger partial charge in [0, 0.05) is 13.0 Å². The summed E-state index contributed by atoms with van der Waals surface area (Å²) >= 11 is 0. The second-order valence-corrected chi connectivity index (χ2v) is 2.18. The zero-order valence-electron chi connectivity index (χ0n) is 5.58. The second kappa shape index (κ2) is 2.99. The van der Waals surface area contributed by atoms with Crippen LogP contribution in [0.1, 0.15) is 13.3 Å². The average molecular weight is 128 g/mol. The summed E-state index contributed by atoms with van der Waals surface area (Å²) in [6.45, 7) is 2.68. The molecule has 1 aliphatic rings. The normalized spacial score (nSPS) is 33.6. The highest BCUT2D eigenvalue weighted by Gasteiger charge is 2.15. The quantitative estimate of drug-likeness (QED) is 0.555. The first kappa shape index (κ1) is 6.78. The lowest BCUT2D eigenvalue weighted by Crippen LogP contribution is -2.10. The van der Waals surface area contributed by atoms with E-state index < -0.39 is 0 Å². The van der Waals surface area contributed by atoms with E-state index in [4.69, 9.17) is 9.84 Å². The monoisotopic (exact) mass is 128 g/mol. The van der Waals surface area contributed by atoms with Crippen LogP contribution in [0.3, 0.4) is 0 Å². The summed E-state index contributed by atoms with van der Waals surface area (Å²) in [5.41, 5.74) is 0. The summed E-state index contributed by atoms with van der Waals surface area (Å²) in [4.78, 5) is 0. The van der Waals surface area contributed by atoms with Crippen LogP contribution < -0.4 is 0 Å². The third-order valence-corrected chi connectivity index (χ3v) is 1.40. The first-order valence-corrected chi connectivity index (χ1v) is 3.31. The first-order chi connectivity index (χ1) is 4.33. The first-order valence-electron chi connectivity index (χ1n) is 3.31. The Bertz CT molecular complexity index is 109. The van der Waals surface area contributed by atoms with E-state index in [-0.39, 0.29) is 12.2 Å². The van der Waals surface area contributed by atoms with Gasteiger partial charge in [-0.3, -0.25) is 0 Å². The van der Waals surface area contributed by atoms with Gasteiger partial charge in [-0.25, -0.2) is 0 Å². The fraction of sp³-hybridized carbons (Fsp3) is 0.714. The van der Waals surface area contributed by atoms with E-state index in [0.29, 0.717) is 0 Å². The van der Waals surface area contributed by atoms with Gasteiger partial charge < -0.3 is 9.84 Å². The minimum Gasteiger partial charge on any atom is -0.389 e. The molecule has 0 saturated carbocycles. The number of aliphatic hydroxyl groups excluding tert-OH is 1. The van der Waals surface area contributed by atoms with Gasteiger partial charge in [0.1, 0.15) is 0 Å². The summed E-state index contributed by atoms with van der Waals surface area (Å²) in [7, 11) is 0. The molecule has 0 heterocycles. The SMILES string of the molecule is CCO[C@H]1C=C[C@@H](O)C1. The molecular weight excluding hydrogens is 116 g/mol. The smallest absolute Gasteiger partial charge is 0.0784 e. The van der Waals surface area contributed by atoms with Crippen LogP contribution in [-0.2, 0) is 4.74 Å². The molecule has 0 fully saturated rings. The molecule has 0 aromatic carbocycles. The molecule has 2 atom stereocenters. The van der Waals surface area contributed by atoms with E-state index in [2.05, 4.69) is 0 Å². The van der Waals surface area contributed by atoms with Crippen molar-refractivity contribution in [3.8, 4) is 0 Å². The van der Waals surface area contributed by atoms with Gasteiger partial charge in [-0.2, -0.15) is 0 Å². The van der Waals surface area contributed by atoms with Crippen LogP contribution in [-0.4, -0.2) is 23.9 Å². The minimum absolute atomic E-state index is 0.157. The van der Waals surface area contributed by atoms with Crippen LogP contribution >= 0.6 is 0 Å². The molecular formula is C7H12O2. The van der Waals surface area contributed by atoms with Crippen molar-refractivity contribution < 1.29 is 9.84 Å². The summed E-state index contributed by atoms with van der Waals surface area (Å²) in [6, 6.07) is 0. The molecule has 2 heteroatoms. The van der Waals surface area contributed by atoms with Crippen molar-refractivity contribution in [3.05, 3.63) is 12.2 Å². The third-order valence-electron chi connectivity index (χ3n) is 1.40. The molecule has 52 valence electrons. The van der Waals surface area contributed by atoms with Crippen molar-refractivity contribution in [3.63, 3.8) is 0 Å². The molecule has 0 spiro atoms. The molecule has 0 saturated heterocycles. The Balaban J connectivity index is 2.24. The Morgan fingerprint density at radius 1 is 1.67 bits per heavy atom. The summed E-state index contributed by atoms with van der Waals surface area (Å²) in [5, 5.41) is 8.96. The van der Waals surface area contributed by atoms with Crippen LogP contribution in [0.25, 0.3) is 0 Å². The predicted molar refractivity (Wildman–Crippen MR) is 35.2 cm³/mol. The van der Waals surface area contributed by atoms with Crippen LogP contribution in [0.4, 0.5) is 0 Å². The minimum atomic E-state index is -0.276. The van der Waals surface area contributed by atoms with E-state index in [1.54, 1.807) is 6.08 Å². The van der Waals surface area contributed by atoms with Gasteiger partial charge in [-0.1, -0.05) is 12.2 Å². The Morgan fingerprint density at radius 2 is 2.44 bits per heavy atom. The van der Waals surface area contributed by atoms with Gasteiger partial charge in [0.15, 0.2) is 0 Å². The molecule has 0 amide bonds. The van der Waals surface area contributed by atoms with Crippen molar-refractivity contribution in [1.29, 1.82) is 0 Å². The molecule has 9 heavy (non-hydrogen) atoms. The fourth-order valence-corrected chi connectivity index (χ4v) is 0.985. The van der Waals surface area contributed by atoms with Gasteiger partial charge in [0.2, 0.25) is 0 Å². The summed E-state index contributed by atoms with van der Waals surface area (Å²) in [5.74, 6) is 0. The van der Waals surface area contributed by atoms with Gasteiger partial charge in [0.05, 0.1) is 12.2 Å². The number of hydrogen-bond acceptors (Lipinski definition) is 2. The van der Waals surface area contributed by atoms with Crippen molar-refractivity contribution >= 4 is 0 Å². The van der Waals surface area contributed by atoms with Crippen molar-refractivity contribution in [2.75, 3.05) is 6.61 Å². The lowest BCUT2D eigenvalue weighted by molar-refractivity contribution is 0.0728. The van der Waals surface area contributed by atoms with Gasteiger partial charge in [-0.05, 0) is 6.92 Å². The maximum atomic E-state index is 8.96. The second-order valence-electron chi connectivity index (χ2n) is 2.18. The topological polar surface area (TPSA) is 29.5 Å². The Morgan fingerprint density at radius 3 is 2.89 bits per heavy atom. The number of rotatable bonds is 2. The lowest BCUT2D eigenvalue weighted by Gasteiger charge is -2.06. The molecule has 0 aromatic heterocycles. The highest BCUT2D eigenvalue weighted by molar-refractivity contribution is 5.03. The summed E-state index contributed by atoms with van der Waals surface area (Å²) < 4.78 is 5.23.